The normalized spacial score (nSPS) is 17.9. The molecule has 178 valence electrons. The minimum absolute atomic E-state index is 0.0550. The molecule has 2 aliphatic heterocycles. The van der Waals surface area contributed by atoms with Gasteiger partial charge >= 0.3 is 0 Å². The number of benzene rings is 2. The molecule has 4 aromatic rings. The summed E-state index contributed by atoms with van der Waals surface area (Å²) in [5, 5.41) is 3.61. The average molecular weight is 469 g/mol. The third-order valence-corrected chi connectivity index (χ3v) is 7.22. The molecule has 6 rings (SSSR count). The van der Waals surface area contributed by atoms with Gasteiger partial charge in [-0.15, -0.1) is 0 Å². The van der Waals surface area contributed by atoms with E-state index in [2.05, 4.69) is 32.9 Å². The highest BCUT2D eigenvalue weighted by molar-refractivity contribution is 5.94. The summed E-state index contributed by atoms with van der Waals surface area (Å²) in [6.45, 7) is 1.38. The number of aromatic nitrogens is 3. The van der Waals surface area contributed by atoms with E-state index < -0.39 is 0 Å². The maximum atomic E-state index is 13.0. The van der Waals surface area contributed by atoms with Crippen LogP contribution in [0.25, 0.3) is 5.52 Å². The molecular formula is C27H28N6O2. The van der Waals surface area contributed by atoms with Crippen molar-refractivity contribution in [1.29, 1.82) is 0 Å². The van der Waals surface area contributed by atoms with Crippen molar-refractivity contribution >= 4 is 22.9 Å². The Morgan fingerprint density at radius 1 is 1.11 bits per heavy atom. The second-order valence-electron chi connectivity index (χ2n) is 9.24. The van der Waals surface area contributed by atoms with Crippen LogP contribution in [0.15, 0.2) is 60.9 Å². The van der Waals surface area contributed by atoms with Crippen LogP contribution in [0.1, 0.15) is 52.2 Å². The van der Waals surface area contributed by atoms with Crippen LogP contribution in [0.2, 0.25) is 0 Å². The molecule has 0 bridgehead atoms. The van der Waals surface area contributed by atoms with Gasteiger partial charge in [-0.1, -0.05) is 18.2 Å². The number of carbonyl (C=O) groups is 1. The first kappa shape index (κ1) is 21.5. The lowest BCUT2D eigenvalue weighted by atomic mass is 9.95. The van der Waals surface area contributed by atoms with Gasteiger partial charge in [-0.25, -0.2) is 9.97 Å². The van der Waals surface area contributed by atoms with E-state index in [1.165, 1.54) is 5.56 Å². The van der Waals surface area contributed by atoms with Crippen molar-refractivity contribution in [3.05, 3.63) is 83.6 Å². The third kappa shape index (κ3) is 3.75. The number of nitrogens with zero attached hydrogens (tertiary/aromatic N) is 4. The first-order valence-corrected chi connectivity index (χ1v) is 12.0. The Hall–Kier alpha value is -4.07. The summed E-state index contributed by atoms with van der Waals surface area (Å²) >= 11 is 0. The van der Waals surface area contributed by atoms with Crippen molar-refractivity contribution in [3.8, 4) is 5.75 Å². The monoisotopic (exact) mass is 468 g/mol. The second kappa shape index (κ2) is 8.61. The zero-order valence-electron chi connectivity index (χ0n) is 19.6. The topological polar surface area (TPSA) is 97.8 Å². The maximum absolute atomic E-state index is 13.0. The summed E-state index contributed by atoms with van der Waals surface area (Å²) in [6, 6.07) is 15.7. The molecule has 2 aromatic carbocycles. The predicted octanol–water partition coefficient (Wildman–Crippen LogP) is 4.05. The Kier molecular flexibility index (Phi) is 5.28. The van der Waals surface area contributed by atoms with Gasteiger partial charge in [-0.3, -0.25) is 9.20 Å². The molecule has 0 aliphatic carbocycles. The van der Waals surface area contributed by atoms with Crippen LogP contribution in [0.3, 0.4) is 0 Å². The highest BCUT2D eigenvalue weighted by atomic mass is 16.5. The van der Waals surface area contributed by atoms with Crippen molar-refractivity contribution in [2.45, 2.75) is 31.2 Å². The minimum Gasteiger partial charge on any atom is -0.497 e. The molecule has 8 heteroatoms. The van der Waals surface area contributed by atoms with Gasteiger partial charge in [0.05, 0.1) is 18.8 Å². The summed E-state index contributed by atoms with van der Waals surface area (Å²) < 4.78 is 7.31. The summed E-state index contributed by atoms with van der Waals surface area (Å²) in [4.78, 5) is 24.5. The van der Waals surface area contributed by atoms with Gasteiger partial charge in [-0.05, 0) is 48.7 Å². The Balaban J connectivity index is 1.24. The number of carbonyl (C=O) groups excluding carboxylic acids is 1. The van der Waals surface area contributed by atoms with E-state index in [1.54, 1.807) is 13.3 Å². The van der Waals surface area contributed by atoms with Crippen molar-refractivity contribution in [1.82, 2.24) is 19.3 Å². The number of ether oxygens (including phenoxy) is 1. The van der Waals surface area contributed by atoms with Gasteiger partial charge < -0.3 is 20.7 Å². The fourth-order valence-electron chi connectivity index (χ4n) is 5.37. The van der Waals surface area contributed by atoms with Crippen LogP contribution in [0, 0.1) is 0 Å². The van der Waals surface area contributed by atoms with Crippen LogP contribution < -0.4 is 15.8 Å². The number of nitrogens with one attached hydrogen (secondary N) is 1. The molecule has 0 radical (unpaired) electrons. The highest BCUT2D eigenvalue weighted by Gasteiger charge is 2.32. The number of methoxy groups -OCH3 is 1. The maximum Gasteiger partial charge on any atom is 0.253 e. The van der Waals surface area contributed by atoms with Gasteiger partial charge in [0.25, 0.3) is 5.91 Å². The van der Waals surface area contributed by atoms with Gasteiger partial charge in [-0.2, -0.15) is 0 Å². The lowest BCUT2D eigenvalue weighted by Crippen LogP contribution is -2.38. The van der Waals surface area contributed by atoms with Gasteiger partial charge in [0.1, 0.15) is 22.9 Å². The first-order chi connectivity index (χ1) is 17.1. The van der Waals surface area contributed by atoms with E-state index in [9.17, 15) is 4.79 Å². The Bertz CT molecular complexity index is 1360. The van der Waals surface area contributed by atoms with E-state index in [4.69, 9.17) is 15.5 Å². The van der Waals surface area contributed by atoms with Crippen LogP contribution in [0.4, 0.5) is 11.5 Å². The molecule has 4 heterocycles. The van der Waals surface area contributed by atoms with Crippen LogP contribution in [-0.2, 0) is 6.42 Å². The van der Waals surface area contributed by atoms with E-state index >= 15 is 0 Å². The van der Waals surface area contributed by atoms with E-state index in [0.717, 1.165) is 47.7 Å². The number of piperidine rings is 1. The average Bonchev–Trinajstić information content (AvgIpc) is 3.51. The van der Waals surface area contributed by atoms with Crippen molar-refractivity contribution in [2.24, 2.45) is 0 Å². The third-order valence-electron chi connectivity index (χ3n) is 7.22. The number of hydrogen-bond donors (Lipinski definition) is 2. The number of hydrogen-bond acceptors (Lipinski definition) is 6. The summed E-state index contributed by atoms with van der Waals surface area (Å²) in [5.41, 5.74) is 11.3. The fraction of sp³-hybridized carbons (Fsp3) is 0.296. The number of nitrogen functional groups attached to an aromatic ring is 1. The molecule has 8 nitrogen and oxygen atoms in total. The molecule has 1 saturated heterocycles. The van der Waals surface area contributed by atoms with Crippen LogP contribution in [-0.4, -0.2) is 45.4 Å². The number of nitrogens with two attached hydrogens (primary N) is 1. The standard InChI is InChI=1S/C27H28N6O2/c1-35-20-8-6-18(7-9-20)27(34)32-13-10-17(11-14-32)26-31-23(24-25(28)29-12-15-33(24)26)22-16-19-4-2-3-5-21(19)30-22/h2-9,12,15,17,22,30H,10-11,13-14,16H2,1H3,(H2,28,29). The molecule has 1 unspecified atom stereocenters. The van der Waals surface area contributed by atoms with Gasteiger partial charge in [0, 0.05) is 49.1 Å². The van der Waals surface area contributed by atoms with Crippen molar-refractivity contribution < 1.29 is 9.53 Å². The Morgan fingerprint density at radius 2 is 1.89 bits per heavy atom. The molecule has 1 amide bonds. The zero-order valence-corrected chi connectivity index (χ0v) is 19.6. The molecule has 1 atom stereocenters. The van der Waals surface area contributed by atoms with E-state index in [0.29, 0.717) is 24.5 Å². The second-order valence-corrected chi connectivity index (χ2v) is 9.24. The molecule has 0 spiro atoms. The lowest BCUT2D eigenvalue weighted by Gasteiger charge is -2.31. The molecule has 0 saturated carbocycles. The number of para-hydroxylation sites is 1. The Labute approximate surface area is 203 Å². The highest BCUT2D eigenvalue weighted by Crippen LogP contribution is 2.38. The molecule has 3 N–H and O–H groups in total. The SMILES string of the molecule is COc1ccc(C(=O)N2CCC(c3nc(C4Cc5ccccc5N4)c4c(N)nccn34)CC2)cc1. The number of anilines is 2. The summed E-state index contributed by atoms with van der Waals surface area (Å²) in [5.74, 6) is 2.53. The lowest BCUT2D eigenvalue weighted by molar-refractivity contribution is 0.0711. The summed E-state index contributed by atoms with van der Waals surface area (Å²) in [6.07, 6.45) is 6.25. The first-order valence-electron chi connectivity index (χ1n) is 12.0. The van der Waals surface area contributed by atoms with Crippen LogP contribution >= 0.6 is 0 Å². The molecular weight excluding hydrogens is 440 g/mol. The minimum atomic E-state index is 0.0550. The number of amides is 1. The Morgan fingerprint density at radius 3 is 2.63 bits per heavy atom. The molecule has 35 heavy (non-hydrogen) atoms. The smallest absolute Gasteiger partial charge is 0.253 e. The number of fused-ring (bicyclic) bond motifs is 2. The number of rotatable bonds is 4. The zero-order chi connectivity index (χ0) is 23.9. The van der Waals surface area contributed by atoms with E-state index in [1.807, 2.05) is 41.4 Å². The van der Waals surface area contributed by atoms with Crippen molar-refractivity contribution in [2.75, 3.05) is 31.2 Å². The van der Waals surface area contributed by atoms with E-state index in [-0.39, 0.29) is 17.9 Å². The van der Waals surface area contributed by atoms with Crippen molar-refractivity contribution in [3.63, 3.8) is 0 Å². The predicted molar refractivity (Wildman–Crippen MR) is 135 cm³/mol. The quantitative estimate of drug-likeness (QED) is 0.469. The summed E-state index contributed by atoms with van der Waals surface area (Å²) in [7, 11) is 1.62. The molecule has 2 aliphatic rings. The van der Waals surface area contributed by atoms with Gasteiger partial charge in [0.2, 0.25) is 0 Å². The molecule has 2 aromatic heterocycles. The molecule has 1 fully saturated rings. The largest absolute Gasteiger partial charge is 0.497 e. The fourth-order valence-corrected chi connectivity index (χ4v) is 5.37. The van der Waals surface area contributed by atoms with Gasteiger partial charge in [0.15, 0.2) is 0 Å². The number of likely N-dealkylation sites (tertiary alicyclic amines) is 1. The van der Waals surface area contributed by atoms with Crippen LogP contribution in [0.5, 0.6) is 5.75 Å². The number of imidazole rings is 1.